The third-order valence-corrected chi connectivity index (χ3v) is 5.03. The summed E-state index contributed by atoms with van der Waals surface area (Å²) < 4.78 is 14.4. The highest BCUT2D eigenvalue weighted by Crippen LogP contribution is 2.32. The SMILES string of the molecule is COC(=O)c1cc(-c2cccc(OC3CC3)c2)n(-c2cccc3cnn(C)c23)n1. The molecule has 146 valence electrons. The summed E-state index contributed by atoms with van der Waals surface area (Å²) in [6.07, 6.45) is 4.31. The summed E-state index contributed by atoms with van der Waals surface area (Å²) in [6.45, 7) is 0. The van der Waals surface area contributed by atoms with E-state index in [0.717, 1.165) is 46.4 Å². The van der Waals surface area contributed by atoms with Crippen LogP contribution in [0.1, 0.15) is 23.3 Å². The highest BCUT2D eigenvalue weighted by molar-refractivity contribution is 5.91. The predicted octanol–water partition coefficient (Wildman–Crippen LogP) is 3.75. The fourth-order valence-electron chi connectivity index (χ4n) is 3.46. The topological polar surface area (TPSA) is 71.2 Å². The van der Waals surface area contributed by atoms with E-state index in [1.54, 1.807) is 15.4 Å². The van der Waals surface area contributed by atoms with Crippen LogP contribution in [0.2, 0.25) is 0 Å². The molecule has 2 aromatic heterocycles. The number of carbonyl (C=O) groups is 1. The fourth-order valence-corrected chi connectivity index (χ4v) is 3.46. The van der Waals surface area contributed by atoms with Gasteiger partial charge in [0.25, 0.3) is 0 Å². The molecule has 7 nitrogen and oxygen atoms in total. The van der Waals surface area contributed by atoms with Crippen LogP contribution in [0.3, 0.4) is 0 Å². The molecule has 2 heterocycles. The lowest BCUT2D eigenvalue weighted by Crippen LogP contribution is -2.06. The number of hydrogen-bond acceptors (Lipinski definition) is 5. The van der Waals surface area contributed by atoms with Gasteiger partial charge in [0.1, 0.15) is 5.75 Å². The molecule has 2 aromatic carbocycles. The molecule has 4 aromatic rings. The van der Waals surface area contributed by atoms with Crippen LogP contribution >= 0.6 is 0 Å². The largest absolute Gasteiger partial charge is 0.490 e. The number of fused-ring (bicyclic) bond motifs is 1. The Morgan fingerprint density at radius 3 is 2.76 bits per heavy atom. The lowest BCUT2D eigenvalue weighted by Gasteiger charge is -2.11. The molecular weight excluding hydrogens is 368 g/mol. The van der Waals surface area contributed by atoms with E-state index in [2.05, 4.69) is 10.2 Å². The quantitative estimate of drug-likeness (QED) is 0.487. The van der Waals surface area contributed by atoms with Crippen molar-refractivity contribution in [2.24, 2.45) is 7.05 Å². The molecule has 29 heavy (non-hydrogen) atoms. The van der Waals surface area contributed by atoms with Crippen molar-refractivity contribution >= 4 is 16.9 Å². The van der Waals surface area contributed by atoms with Gasteiger partial charge in [-0.05, 0) is 37.1 Å². The summed E-state index contributed by atoms with van der Waals surface area (Å²) in [5.41, 5.74) is 3.69. The first-order chi connectivity index (χ1) is 14.1. The monoisotopic (exact) mass is 388 g/mol. The van der Waals surface area contributed by atoms with Gasteiger partial charge in [-0.1, -0.05) is 24.3 Å². The first-order valence-electron chi connectivity index (χ1n) is 9.50. The zero-order valence-electron chi connectivity index (χ0n) is 16.2. The zero-order chi connectivity index (χ0) is 20.0. The van der Waals surface area contributed by atoms with Crippen molar-refractivity contribution in [2.45, 2.75) is 18.9 Å². The van der Waals surface area contributed by atoms with Crippen LogP contribution in [-0.4, -0.2) is 38.7 Å². The summed E-state index contributed by atoms with van der Waals surface area (Å²) in [6, 6.07) is 15.5. The van der Waals surface area contributed by atoms with Crippen LogP contribution in [0.4, 0.5) is 0 Å². The number of aryl methyl sites for hydroxylation is 1. The third kappa shape index (κ3) is 3.14. The minimum Gasteiger partial charge on any atom is -0.490 e. The molecular formula is C22H20N4O3. The van der Waals surface area contributed by atoms with Gasteiger partial charge in [0, 0.05) is 18.0 Å². The van der Waals surface area contributed by atoms with E-state index in [0.29, 0.717) is 6.10 Å². The van der Waals surface area contributed by atoms with Gasteiger partial charge < -0.3 is 9.47 Å². The number of nitrogens with zero attached hydrogens (tertiary/aromatic N) is 4. The molecule has 7 heteroatoms. The van der Waals surface area contributed by atoms with Crippen LogP contribution in [-0.2, 0) is 11.8 Å². The molecule has 0 atom stereocenters. The number of ether oxygens (including phenoxy) is 2. The van der Waals surface area contributed by atoms with Crippen LogP contribution in [0.15, 0.2) is 54.7 Å². The Hall–Kier alpha value is -3.61. The first-order valence-corrected chi connectivity index (χ1v) is 9.50. The Bertz CT molecular complexity index is 1220. The zero-order valence-corrected chi connectivity index (χ0v) is 16.2. The van der Waals surface area contributed by atoms with Crippen molar-refractivity contribution in [3.05, 3.63) is 60.4 Å². The number of hydrogen-bond donors (Lipinski definition) is 0. The van der Waals surface area contributed by atoms with Gasteiger partial charge in [0.15, 0.2) is 5.69 Å². The second-order valence-electron chi connectivity index (χ2n) is 7.15. The molecule has 0 N–H and O–H groups in total. The van der Waals surface area contributed by atoms with Gasteiger partial charge in [-0.3, -0.25) is 4.68 Å². The molecule has 1 aliphatic carbocycles. The van der Waals surface area contributed by atoms with Gasteiger partial charge in [0.2, 0.25) is 0 Å². The molecule has 0 aliphatic heterocycles. The fraction of sp³-hybridized carbons (Fsp3) is 0.227. The van der Waals surface area contributed by atoms with Crippen molar-refractivity contribution in [3.63, 3.8) is 0 Å². The van der Waals surface area contributed by atoms with E-state index < -0.39 is 5.97 Å². The second-order valence-corrected chi connectivity index (χ2v) is 7.15. The maximum atomic E-state index is 12.2. The third-order valence-electron chi connectivity index (χ3n) is 5.03. The van der Waals surface area contributed by atoms with E-state index in [4.69, 9.17) is 9.47 Å². The Morgan fingerprint density at radius 1 is 1.14 bits per heavy atom. The van der Waals surface area contributed by atoms with Crippen molar-refractivity contribution in [1.29, 1.82) is 0 Å². The van der Waals surface area contributed by atoms with E-state index in [1.165, 1.54) is 7.11 Å². The molecule has 0 saturated heterocycles. The van der Waals surface area contributed by atoms with Crippen LogP contribution in [0, 0.1) is 0 Å². The number of benzene rings is 2. The van der Waals surface area contributed by atoms with Gasteiger partial charge in [0.05, 0.1) is 36.3 Å². The molecule has 5 rings (SSSR count). The number of rotatable bonds is 5. The summed E-state index contributed by atoms with van der Waals surface area (Å²) in [4.78, 5) is 12.2. The Kier molecular flexibility index (Phi) is 4.08. The van der Waals surface area contributed by atoms with Crippen molar-refractivity contribution in [2.75, 3.05) is 7.11 Å². The van der Waals surface area contributed by atoms with E-state index in [9.17, 15) is 4.79 Å². The average molecular weight is 388 g/mol. The Labute approximate surface area is 167 Å². The van der Waals surface area contributed by atoms with Crippen molar-refractivity contribution in [3.8, 4) is 22.7 Å². The van der Waals surface area contributed by atoms with Crippen molar-refractivity contribution in [1.82, 2.24) is 19.6 Å². The van der Waals surface area contributed by atoms with E-state index >= 15 is 0 Å². The molecule has 0 radical (unpaired) electrons. The Balaban J connectivity index is 1.70. The first kappa shape index (κ1) is 17.5. The number of esters is 1. The van der Waals surface area contributed by atoms with Crippen LogP contribution < -0.4 is 4.74 Å². The lowest BCUT2D eigenvalue weighted by molar-refractivity contribution is 0.0593. The van der Waals surface area contributed by atoms with Gasteiger partial charge in [-0.2, -0.15) is 10.2 Å². The van der Waals surface area contributed by atoms with Crippen molar-refractivity contribution < 1.29 is 14.3 Å². The lowest BCUT2D eigenvalue weighted by atomic mass is 10.1. The highest BCUT2D eigenvalue weighted by atomic mass is 16.5. The van der Waals surface area contributed by atoms with E-state index in [-0.39, 0.29) is 5.69 Å². The maximum Gasteiger partial charge on any atom is 0.358 e. The molecule has 0 spiro atoms. The van der Waals surface area contributed by atoms with Gasteiger partial charge >= 0.3 is 5.97 Å². The number of para-hydroxylation sites is 1. The van der Waals surface area contributed by atoms with Crippen LogP contribution in [0.25, 0.3) is 27.8 Å². The summed E-state index contributed by atoms with van der Waals surface area (Å²) in [5.74, 6) is 0.337. The summed E-state index contributed by atoms with van der Waals surface area (Å²) >= 11 is 0. The Morgan fingerprint density at radius 2 is 1.97 bits per heavy atom. The van der Waals surface area contributed by atoms with E-state index in [1.807, 2.05) is 55.7 Å². The molecule has 0 unspecified atom stereocenters. The predicted molar refractivity (Wildman–Crippen MR) is 108 cm³/mol. The highest BCUT2D eigenvalue weighted by Gasteiger charge is 2.24. The minimum atomic E-state index is -0.479. The normalized spacial score (nSPS) is 13.6. The summed E-state index contributed by atoms with van der Waals surface area (Å²) in [5, 5.41) is 9.92. The average Bonchev–Trinajstić information content (AvgIpc) is 3.31. The number of carbonyl (C=O) groups excluding carboxylic acids is 1. The van der Waals surface area contributed by atoms with Gasteiger partial charge in [-0.15, -0.1) is 0 Å². The van der Waals surface area contributed by atoms with Gasteiger partial charge in [-0.25, -0.2) is 9.48 Å². The number of methoxy groups -OCH3 is 1. The number of aromatic nitrogens is 4. The smallest absolute Gasteiger partial charge is 0.358 e. The van der Waals surface area contributed by atoms with Crippen LogP contribution in [0.5, 0.6) is 5.75 Å². The molecule has 0 bridgehead atoms. The summed E-state index contributed by atoms with van der Waals surface area (Å²) in [7, 11) is 3.24. The molecule has 0 amide bonds. The second kappa shape index (κ2) is 6.77. The standard InChI is InChI=1S/C22H20N4O3/c1-25-21-15(13-23-25)6-4-8-19(21)26-20(12-18(24-26)22(27)28-2)14-5-3-7-17(11-14)29-16-9-10-16/h3-8,11-13,16H,9-10H2,1-2H3. The maximum absolute atomic E-state index is 12.2. The molecule has 1 aliphatic rings. The molecule has 1 fully saturated rings. The molecule has 1 saturated carbocycles. The minimum absolute atomic E-state index is 0.246.